The first kappa shape index (κ1) is 9.52. The molecule has 6 nitrogen and oxygen atoms in total. The van der Waals surface area contributed by atoms with Gasteiger partial charge >= 0.3 is 0 Å². The molecule has 2 heterocycles. The number of tetrazole rings is 1. The highest BCUT2D eigenvalue weighted by molar-refractivity contribution is 5.85. The number of nitrogen functional groups attached to an aromatic ring is 1. The minimum absolute atomic E-state index is 0.513. The Morgan fingerprint density at radius 2 is 2.06 bits per heavy atom. The first-order chi connectivity index (χ1) is 8.84. The fraction of sp³-hybridized carbons (Fsp3) is 0.167. The molecule has 0 radical (unpaired) electrons. The quantitative estimate of drug-likeness (QED) is 0.628. The molecule has 2 aromatic heterocycles. The lowest BCUT2D eigenvalue weighted by Gasteiger charge is -2.20. The zero-order chi connectivity index (χ0) is 12.1. The van der Waals surface area contributed by atoms with Gasteiger partial charge in [-0.15, -0.1) is 14.8 Å². The van der Waals surface area contributed by atoms with E-state index in [1.807, 2.05) is 12.1 Å². The lowest BCUT2D eigenvalue weighted by molar-refractivity contribution is 0.732. The largest absolute Gasteiger partial charge is 0.382 e. The Morgan fingerprint density at radius 3 is 3.00 bits per heavy atom. The van der Waals surface area contributed by atoms with Crippen LogP contribution in [0.5, 0.6) is 0 Å². The molecule has 0 amide bonds. The maximum absolute atomic E-state index is 6.00. The molecule has 0 unspecified atom stereocenters. The van der Waals surface area contributed by atoms with Gasteiger partial charge in [0.2, 0.25) is 5.65 Å². The maximum atomic E-state index is 6.00. The van der Waals surface area contributed by atoms with E-state index in [-0.39, 0.29) is 0 Å². The summed E-state index contributed by atoms with van der Waals surface area (Å²) >= 11 is 0. The van der Waals surface area contributed by atoms with Crippen molar-refractivity contribution < 1.29 is 0 Å². The average Bonchev–Trinajstić information content (AvgIpc) is 2.86. The van der Waals surface area contributed by atoms with E-state index in [4.69, 9.17) is 5.73 Å². The normalized spacial score (nSPS) is 13.3. The predicted octanol–water partition coefficient (Wildman–Crippen LogP) is 0.867. The summed E-state index contributed by atoms with van der Waals surface area (Å²) in [4.78, 5) is 0. The second-order valence-corrected chi connectivity index (χ2v) is 4.39. The molecule has 0 aliphatic heterocycles. The monoisotopic (exact) mass is 238 g/mol. The molecule has 0 bridgehead atoms. The van der Waals surface area contributed by atoms with E-state index in [9.17, 15) is 0 Å². The molecule has 1 aromatic carbocycles. The number of nitrogens with two attached hydrogens (primary N) is 1. The number of rotatable bonds is 0. The van der Waals surface area contributed by atoms with Gasteiger partial charge in [0.15, 0.2) is 0 Å². The molecule has 0 atom stereocenters. The summed E-state index contributed by atoms with van der Waals surface area (Å²) in [6.45, 7) is 0. The molecule has 88 valence electrons. The van der Waals surface area contributed by atoms with Gasteiger partial charge in [-0.2, -0.15) is 0 Å². The summed E-state index contributed by atoms with van der Waals surface area (Å²) in [5.41, 5.74) is 11.2. The third-order valence-corrected chi connectivity index (χ3v) is 3.42. The van der Waals surface area contributed by atoms with E-state index in [1.165, 1.54) is 10.2 Å². The minimum atomic E-state index is 0.513. The smallest absolute Gasteiger partial charge is 0.208 e. The highest BCUT2D eigenvalue weighted by atomic mass is 15.6. The molecule has 1 aliphatic rings. The molecule has 2 N–H and O–H groups in total. The molecule has 0 fully saturated rings. The molecular weight excluding hydrogens is 228 g/mol. The van der Waals surface area contributed by atoms with Gasteiger partial charge in [0.05, 0.1) is 0 Å². The number of nitrogens with zero attached hydrogens (tertiary/aromatic N) is 5. The van der Waals surface area contributed by atoms with E-state index < -0.39 is 0 Å². The van der Waals surface area contributed by atoms with E-state index in [2.05, 4.69) is 32.8 Å². The second-order valence-electron chi connectivity index (χ2n) is 4.39. The Hall–Kier alpha value is -2.50. The molecule has 1 aliphatic carbocycles. The van der Waals surface area contributed by atoms with Crippen molar-refractivity contribution in [3.63, 3.8) is 0 Å². The van der Waals surface area contributed by atoms with Crippen LogP contribution in [0.4, 0.5) is 5.82 Å². The van der Waals surface area contributed by atoms with Crippen molar-refractivity contribution in [1.82, 2.24) is 25.3 Å². The highest BCUT2D eigenvalue weighted by Gasteiger charge is 2.23. The molecule has 4 rings (SSSR count). The molecule has 18 heavy (non-hydrogen) atoms. The Morgan fingerprint density at radius 1 is 1.17 bits per heavy atom. The third-order valence-electron chi connectivity index (χ3n) is 3.42. The topological polar surface area (TPSA) is 82.0 Å². The molecule has 0 spiro atoms. The summed E-state index contributed by atoms with van der Waals surface area (Å²) in [6, 6.07) is 8.29. The van der Waals surface area contributed by atoms with E-state index in [0.717, 1.165) is 29.5 Å². The highest BCUT2D eigenvalue weighted by Crippen LogP contribution is 2.37. The van der Waals surface area contributed by atoms with Gasteiger partial charge in [0.25, 0.3) is 0 Å². The fourth-order valence-electron chi connectivity index (χ4n) is 2.60. The molecule has 6 heteroatoms. The van der Waals surface area contributed by atoms with Crippen LogP contribution in [-0.4, -0.2) is 25.3 Å². The Balaban J connectivity index is 2.18. The first-order valence-electron chi connectivity index (χ1n) is 5.79. The van der Waals surface area contributed by atoms with Crippen molar-refractivity contribution in [2.24, 2.45) is 0 Å². The van der Waals surface area contributed by atoms with Crippen LogP contribution in [0.25, 0.3) is 16.8 Å². The van der Waals surface area contributed by atoms with Crippen molar-refractivity contribution in [2.75, 3.05) is 5.73 Å². The van der Waals surface area contributed by atoms with E-state index in [1.54, 1.807) is 0 Å². The van der Waals surface area contributed by atoms with Crippen LogP contribution in [-0.2, 0) is 12.8 Å². The number of benzene rings is 1. The van der Waals surface area contributed by atoms with Gasteiger partial charge in [0, 0.05) is 11.1 Å². The minimum Gasteiger partial charge on any atom is -0.382 e. The van der Waals surface area contributed by atoms with Gasteiger partial charge in [0.1, 0.15) is 5.82 Å². The van der Waals surface area contributed by atoms with Crippen LogP contribution in [0.15, 0.2) is 24.3 Å². The van der Waals surface area contributed by atoms with Crippen LogP contribution >= 0.6 is 0 Å². The van der Waals surface area contributed by atoms with Crippen molar-refractivity contribution in [3.05, 3.63) is 35.4 Å². The van der Waals surface area contributed by atoms with Crippen molar-refractivity contribution in [1.29, 1.82) is 0 Å². The van der Waals surface area contributed by atoms with Gasteiger partial charge in [-0.3, -0.25) is 0 Å². The fourth-order valence-corrected chi connectivity index (χ4v) is 2.60. The van der Waals surface area contributed by atoms with Gasteiger partial charge in [-0.25, -0.2) is 0 Å². The van der Waals surface area contributed by atoms with Gasteiger partial charge in [-0.05, 0) is 34.4 Å². The first-order valence-corrected chi connectivity index (χ1v) is 5.79. The van der Waals surface area contributed by atoms with Crippen molar-refractivity contribution in [2.45, 2.75) is 12.8 Å². The lowest BCUT2D eigenvalue weighted by atomic mass is 9.86. The Bertz CT molecular complexity index is 760. The van der Waals surface area contributed by atoms with E-state index >= 15 is 0 Å². The van der Waals surface area contributed by atoms with Crippen LogP contribution in [0.3, 0.4) is 0 Å². The summed E-state index contributed by atoms with van der Waals surface area (Å²) in [5.74, 6) is 0.513. The Labute approximate surface area is 102 Å². The van der Waals surface area contributed by atoms with Gasteiger partial charge < -0.3 is 5.73 Å². The predicted molar refractivity (Wildman–Crippen MR) is 65.8 cm³/mol. The number of hydrogen-bond donors (Lipinski definition) is 1. The summed E-state index contributed by atoms with van der Waals surface area (Å²) in [6.07, 6.45) is 1.86. The maximum Gasteiger partial charge on any atom is 0.208 e. The van der Waals surface area contributed by atoms with Crippen LogP contribution in [0.2, 0.25) is 0 Å². The van der Waals surface area contributed by atoms with Crippen molar-refractivity contribution in [3.8, 4) is 11.1 Å². The SMILES string of the molecule is Nc1nn2nnnc2c2c1CCc1ccccc1-2. The zero-order valence-corrected chi connectivity index (χ0v) is 9.54. The number of aryl methyl sites for hydroxylation is 1. The molecule has 3 aromatic rings. The van der Waals surface area contributed by atoms with Gasteiger partial charge in [-0.1, -0.05) is 24.3 Å². The van der Waals surface area contributed by atoms with Crippen LogP contribution < -0.4 is 5.73 Å². The molecule has 0 saturated heterocycles. The standard InChI is InChI=1S/C12H10N6/c13-11-9-6-5-7-3-1-2-4-8(7)10(9)12-14-16-17-18(12)15-11/h1-4H,5-6H2,(H2,13,15). The summed E-state index contributed by atoms with van der Waals surface area (Å²) in [5, 5.41) is 15.7. The summed E-state index contributed by atoms with van der Waals surface area (Å²) in [7, 11) is 0. The number of aromatic nitrogens is 5. The van der Waals surface area contributed by atoms with Crippen LogP contribution in [0.1, 0.15) is 11.1 Å². The zero-order valence-electron chi connectivity index (χ0n) is 9.54. The molecule has 0 saturated carbocycles. The lowest BCUT2D eigenvalue weighted by Crippen LogP contribution is -2.12. The third kappa shape index (κ3) is 1.11. The van der Waals surface area contributed by atoms with E-state index in [0.29, 0.717) is 11.5 Å². The number of fused-ring (bicyclic) bond motifs is 5. The Kier molecular flexibility index (Phi) is 1.72. The number of hydrogen-bond acceptors (Lipinski definition) is 5. The summed E-state index contributed by atoms with van der Waals surface area (Å²) < 4.78 is 1.40. The molecular formula is C12H10N6. The van der Waals surface area contributed by atoms with Crippen LogP contribution in [0, 0.1) is 0 Å². The number of anilines is 1. The average molecular weight is 238 g/mol. The van der Waals surface area contributed by atoms with Crippen molar-refractivity contribution >= 4 is 11.5 Å². The second kappa shape index (κ2) is 3.25.